The number of sulfonamides is 1. The van der Waals surface area contributed by atoms with Crippen LogP contribution in [0.4, 0.5) is 5.69 Å². The number of aliphatic hydroxyl groups is 1. The molecule has 0 saturated carbocycles. The monoisotopic (exact) mass is 259 g/mol. The number of carbonyl (C=O) groups excluding carboxylic acids is 1. The standard InChI is InChI=1S/C9H13N3O4S/c10-6-2-1-3-7(4-6)17(15,16)12-5-8(13)9(11)14/h1-4,8,12-13H,5,10H2,(H2,11,14). The van der Waals surface area contributed by atoms with Crippen LogP contribution in [-0.4, -0.2) is 32.1 Å². The second-order valence-electron chi connectivity index (χ2n) is 3.34. The number of benzene rings is 1. The van der Waals surface area contributed by atoms with Crippen molar-refractivity contribution < 1.29 is 18.3 Å². The third-order valence-electron chi connectivity index (χ3n) is 1.96. The highest BCUT2D eigenvalue weighted by Gasteiger charge is 2.18. The van der Waals surface area contributed by atoms with Gasteiger partial charge in [0.2, 0.25) is 15.9 Å². The van der Waals surface area contributed by atoms with Crippen LogP contribution in [0.15, 0.2) is 29.2 Å². The van der Waals surface area contributed by atoms with Gasteiger partial charge in [-0.05, 0) is 18.2 Å². The SMILES string of the molecule is NC(=O)C(O)CNS(=O)(=O)c1cccc(N)c1. The highest BCUT2D eigenvalue weighted by Crippen LogP contribution is 2.12. The van der Waals surface area contributed by atoms with Crippen molar-refractivity contribution in [1.29, 1.82) is 0 Å². The van der Waals surface area contributed by atoms with Crippen LogP contribution in [0.3, 0.4) is 0 Å². The van der Waals surface area contributed by atoms with Crippen molar-refractivity contribution in [3.63, 3.8) is 0 Å². The van der Waals surface area contributed by atoms with Gasteiger partial charge >= 0.3 is 0 Å². The van der Waals surface area contributed by atoms with Crippen LogP contribution >= 0.6 is 0 Å². The zero-order chi connectivity index (χ0) is 13.1. The van der Waals surface area contributed by atoms with E-state index in [9.17, 15) is 13.2 Å². The van der Waals surface area contributed by atoms with E-state index in [1.54, 1.807) is 0 Å². The molecule has 0 aromatic heterocycles. The van der Waals surface area contributed by atoms with E-state index in [1.165, 1.54) is 24.3 Å². The van der Waals surface area contributed by atoms with Crippen LogP contribution < -0.4 is 16.2 Å². The Bertz CT molecular complexity index is 515. The first-order chi connectivity index (χ1) is 7.83. The van der Waals surface area contributed by atoms with E-state index in [1.807, 2.05) is 4.72 Å². The predicted molar refractivity (Wildman–Crippen MR) is 61.2 cm³/mol. The maximum atomic E-state index is 11.7. The summed E-state index contributed by atoms with van der Waals surface area (Å²) >= 11 is 0. The second kappa shape index (κ2) is 5.13. The molecule has 17 heavy (non-hydrogen) atoms. The highest BCUT2D eigenvalue weighted by molar-refractivity contribution is 7.89. The molecular weight excluding hydrogens is 246 g/mol. The summed E-state index contributed by atoms with van der Waals surface area (Å²) in [6.07, 6.45) is -1.56. The smallest absolute Gasteiger partial charge is 0.247 e. The number of hydrogen-bond acceptors (Lipinski definition) is 5. The molecule has 0 fully saturated rings. The number of nitrogen functional groups attached to an aromatic ring is 1. The van der Waals surface area contributed by atoms with Crippen LogP contribution in [0, 0.1) is 0 Å². The van der Waals surface area contributed by atoms with E-state index in [-0.39, 0.29) is 4.90 Å². The summed E-state index contributed by atoms with van der Waals surface area (Å²) in [6, 6.07) is 5.63. The first kappa shape index (κ1) is 13.4. The summed E-state index contributed by atoms with van der Waals surface area (Å²) in [4.78, 5) is 10.5. The Morgan fingerprint density at radius 3 is 2.65 bits per heavy atom. The molecule has 7 nitrogen and oxygen atoms in total. The molecule has 0 heterocycles. The van der Waals surface area contributed by atoms with Gasteiger partial charge in [-0.15, -0.1) is 0 Å². The van der Waals surface area contributed by atoms with Crippen LogP contribution in [0.1, 0.15) is 0 Å². The fourth-order valence-corrected chi connectivity index (χ4v) is 2.15. The van der Waals surface area contributed by atoms with Crippen molar-refractivity contribution in [2.45, 2.75) is 11.0 Å². The van der Waals surface area contributed by atoms with E-state index >= 15 is 0 Å². The quantitative estimate of drug-likeness (QED) is 0.472. The van der Waals surface area contributed by atoms with Gasteiger partial charge in [0, 0.05) is 12.2 Å². The zero-order valence-electron chi connectivity index (χ0n) is 8.83. The Balaban J connectivity index is 2.79. The van der Waals surface area contributed by atoms with E-state index in [0.717, 1.165) is 0 Å². The Kier molecular flexibility index (Phi) is 4.05. The molecule has 0 aliphatic carbocycles. The Morgan fingerprint density at radius 2 is 2.12 bits per heavy atom. The minimum Gasteiger partial charge on any atom is -0.399 e. The average Bonchev–Trinajstić information content (AvgIpc) is 2.26. The maximum Gasteiger partial charge on any atom is 0.247 e. The topological polar surface area (TPSA) is 136 Å². The molecular formula is C9H13N3O4S. The third kappa shape index (κ3) is 3.70. The van der Waals surface area contributed by atoms with Crippen LogP contribution in [0.25, 0.3) is 0 Å². The molecule has 1 aromatic carbocycles. The number of rotatable bonds is 5. The number of amides is 1. The van der Waals surface area contributed by atoms with E-state index in [0.29, 0.717) is 5.69 Å². The van der Waals surface area contributed by atoms with Gasteiger partial charge in [0.15, 0.2) is 0 Å². The number of nitrogens with one attached hydrogen (secondary N) is 1. The third-order valence-corrected chi connectivity index (χ3v) is 3.38. The lowest BCUT2D eigenvalue weighted by Gasteiger charge is -2.09. The fourth-order valence-electron chi connectivity index (χ4n) is 1.05. The lowest BCUT2D eigenvalue weighted by atomic mass is 10.3. The molecule has 1 unspecified atom stereocenters. The van der Waals surface area contributed by atoms with Crippen LogP contribution in [-0.2, 0) is 14.8 Å². The number of aliphatic hydroxyl groups excluding tert-OH is 1. The zero-order valence-corrected chi connectivity index (χ0v) is 9.65. The van der Waals surface area contributed by atoms with Gasteiger partial charge in [0.1, 0.15) is 6.10 Å². The summed E-state index contributed by atoms with van der Waals surface area (Å²) in [6.45, 7) is -0.480. The first-order valence-electron chi connectivity index (χ1n) is 4.65. The Labute approximate surface area is 98.5 Å². The molecule has 0 saturated heterocycles. The Morgan fingerprint density at radius 1 is 1.47 bits per heavy atom. The summed E-state index contributed by atoms with van der Waals surface area (Å²) in [5.41, 5.74) is 10.5. The predicted octanol–water partition coefficient (Wildman–Crippen LogP) is -1.61. The van der Waals surface area contributed by atoms with Gasteiger partial charge in [-0.25, -0.2) is 13.1 Å². The molecule has 8 heteroatoms. The molecule has 1 amide bonds. The Hall–Kier alpha value is -1.64. The minimum atomic E-state index is -3.81. The van der Waals surface area contributed by atoms with Gasteiger partial charge in [-0.1, -0.05) is 6.07 Å². The van der Waals surface area contributed by atoms with Gasteiger partial charge in [-0.3, -0.25) is 4.79 Å². The molecule has 0 aliphatic heterocycles. The molecule has 1 atom stereocenters. The molecule has 0 bridgehead atoms. The number of anilines is 1. The lowest BCUT2D eigenvalue weighted by molar-refractivity contribution is -0.125. The van der Waals surface area contributed by atoms with Crippen LogP contribution in [0.2, 0.25) is 0 Å². The van der Waals surface area contributed by atoms with Gasteiger partial charge in [0.05, 0.1) is 4.90 Å². The molecule has 1 rings (SSSR count). The van der Waals surface area contributed by atoms with Crippen molar-refractivity contribution in [3.05, 3.63) is 24.3 Å². The molecule has 0 radical (unpaired) electrons. The van der Waals surface area contributed by atoms with E-state index in [4.69, 9.17) is 16.6 Å². The first-order valence-corrected chi connectivity index (χ1v) is 6.14. The molecule has 1 aromatic rings. The van der Waals surface area contributed by atoms with Crippen LogP contribution in [0.5, 0.6) is 0 Å². The molecule has 6 N–H and O–H groups in total. The average molecular weight is 259 g/mol. The highest BCUT2D eigenvalue weighted by atomic mass is 32.2. The lowest BCUT2D eigenvalue weighted by Crippen LogP contribution is -2.39. The summed E-state index contributed by atoms with van der Waals surface area (Å²) < 4.78 is 25.4. The number of carbonyl (C=O) groups is 1. The summed E-state index contributed by atoms with van der Waals surface area (Å²) in [5, 5.41) is 9.07. The molecule has 0 aliphatic rings. The van der Waals surface area contributed by atoms with Crippen molar-refractivity contribution in [3.8, 4) is 0 Å². The maximum absolute atomic E-state index is 11.7. The van der Waals surface area contributed by atoms with E-state index < -0.39 is 28.6 Å². The van der Waals surface area contributed by atoms with Gasteiger partial charge in [-0.2, -0.15) is 0 Å². The van der Waals surface area contributed by atoms with Crippen molar-refractivity contribution in [2.24, 2.45) is 5.73 Å². The molecule has 0 spiro atoms. The number of hydrogen-bond donors (Lipinski definition) is 4. The summed E-state index contributed by atoms with van der Waals surface area (Å²) in [5.74, 6) is -1.000. The fraction of sp³-hybridized carbons (Fsp3) is 0.222. The van der Waals surface area contributed by atoms with Crippen molar-refractivity contribution in [2.75, 3.05) is 12.3 Å². The summed E-state index contributed by atoms with van der Waals surface area (Å²) in [7, 11) is -3.81. The van der Waals surface area contributed by atoms with E-state index in [2.05, 4.69) is 0 Å². The largest absolute Gasteiger partial charge is 0.399 e. The van der Waals surface area contributed by atoms with Crippen molar-refractivity contribution >= 4 is 21.6 Å². The normalized spacial score (nSPS) is 13.2. The second-order valence-corrected chi connectivity index (χ2v) is 5.11. The molecule has 94 valence electrons. The van der Waals surface area contributed by atoms with Gasteiger partial charge < -0.3 is 16.6 Å². The van der Waals surface area contributed by atoms with Crippen molar-refractivity contribution in [1.82, 2.24) is 4.72 Å². The number of nitrogens with two attached hydrogens (primary N) is 2. The minimum absolute atomic E-state index is 0.0471. The van der Waals surface area contributed by atoms with Gasteiger partial charge in [0.25, 0.3) is 0 Å². The number of primary amides is 1.